The molecule has 0 atom stereocenters. The molecule has 0 fully saturated rings. The third kappa shape index (κ3) is 5.46. The summed E-state index contributed by atoms with van der Waals surface area (Å²) in [7, 11) is 4.27. The zero-order chi connectivity index (χ0) is 9.07. The van der Waals surface area contributed by atoms with Gasteiger partial charge in [0.05, 0.1) is 0 Å². The summed E-state index contributed by atoms with van der Waals surface area (Å²) in [5.74, 6) is 0. The van der Waals surface area contributed by atoms with Crippen molar-refractivity contribution in [3.8, 4) is 0 Å². The van der Waals surface area contributed by atoms with E-state index in [2.05, 4.69) is 60.5 Å². The second-order valence-electron chi connectivity index (χ2n) is 4.12. The predicted octanol–water partition coefficient (Wildman–Crippen LogP) is 2.74. The molecule has 0 saturated heterocycles. The zero-order valence-corrected chi connectivity index (χ0v) is 13.1. The maximum absolute atomic E-state index is 2.46. The summed E-state index contributed by atoms with van der Waals surface area (Å²) in [5, 5.41) is 0. The van der Waals surface area contributed by atoms with Gasteiger partial charge in [-0.1, -0.05) is 0 Å². The van der Waals surface area contributed by atoms with Crippen molar-refractivity contribution in [2.45, 2.75) is 14.8 Å². The van der Waals surface area contributed by atoms with Crippen molar-refractivity contribution in [1.29, 1.82) is 0 Å². The quantitative estimate of drug-likeness (QED) is 0.543. The summed E-state index contributed by atoms with van der Waals surface area (Å²) in [5.41, 5.74) is 0. The molecule has 11 heavy (non-hydrogen) atoms. The van der Waals surface area contributed by atoms with Gasteiger partial charge in [0.1, 0.15) is 0 Å². The fourth-order valence-electron chi connectivity index (χ4n) is 0.776. The minimum absolute atomic E-state index is 1.16. The summed E-state index contributed by atoms with van der Waals surface area (Å²) < 4.78 is 3.98. The number of hydrogen-bond acceptors (Lipinski definition) is 1. The third-order valence-corrected chi connectivity index (χ3v) is 10.4. The molecule has 0 aromatic heterocycles. The van der Waals surface area contributed by atoms with Crippen molar-refractivity contribution in [2.75, 3.05) is 20.6 Å². The summed E-state index contributed by atoms with van der Waals surface area (Å²) in [6, 6.07) is 0. The van der Waals surface area contributed by atoms with E-state index in [1.807, 2.05) is 0 Å². The van der Waals surface area contributed by atoms with Gasteiger partial charge in [-0.2, -0.15) is 0 Å². The Morgan fingerprint density at radius 3 is 1.91 bits per heavy atom. The van der Waals surface area contributed by atoms with Crippen molar-refractivity contribution in [2.24, 2.45) is 0 Å². The van der Waals surface area contributed by atoms with Gasteiger partial charge in [0.15, 0.2) is 0 Å². The first kappa shape index (κ1) is 12.2. The van der Waals surface area contributed by atoms with Gasteiger partial charge in [-0.15, -0.1) is 0 Å². The van der Waals surface area contributed by atoms with Gasteiger partial charge in [-0.05, 0) is 0 Å². The Morgan fingerprint density at radius 2 is 1.82 bits per heavy atom. The van der Waals surface area contributed by atoms with Gasteiger partial charge >= 0.3 is 89.0 Å². The van der Waals surface area contributed by atoms with E-state index in [-0.39, 0.29) is 0 Å². The molecule has 0 aromatic carbocycles. The molecule has 0 saturated carbocycles. The molecular formula is C8H18INSn. The van der Waals surface area contributed by atoms with Crippen LogP contribution in [0, 0.1) is 0 Å². The van der Waals surface area contributed by atoms with Crippen molar-refractivity contribution in [3.05, 3.63) is 7.67 Å². The Kier molecular flexibility index (Phi) is 5.63. The minimum atomic E-state index is -1.73. The third-order valence-electron chi connectivity index (χ3n) is 1.58. The van der Waals surface area contributed by atoms with E-state index < -0.39 is 18.4 Å². The Hall–Kier alpha value is 1.23. The van der Waals surface area contributed by atoms with Crippen LogP contribution in [0.15, 0.2) is 7.67 Å². The van der Waals surface area contributed by atoms with Crippen LogP contribution in [0.4, 0.5) is 0 Å². The molecule has 0 unspecified atom stereocenters. The van der Waals surface area contributed by atoms with Crippen LogP contribution in [-0.4, -0.2) is 43.9 Å². The standard InChI is InChI=1S/C5H9IN.3CH3.Sn/c1-7(2)5-3-4-6;;;;/h4H,5H2,1-2H3;3*1H3;. The van der Waals surface area contributed by atoms with E-state index in [1.165, 1.54) is 0 Å². The number of hydrogen-bond donors (Lipinski definition) is 0. The van der Waals surface area contributed by atoms with Gasteiger partial charge in [-0.3, -0.25) is 0 Å². The van der Waals surface area contributed by atoms with E-state index in [0.717, 1.165) is 6.54 Å². The Bertz CT molecular complexity index is 147. The molecule has 0 heterocycles. The molecule has 0 amide bonds. The molecule has 66 valence electrons. The zero-order valence-electron chi connectivity index (χ0n) is 8.11. The molecule has 0 aliphatic rings. The monoisotopic (exact) mass is 375 g/mol. The number of nitrogens with zero attached hydrogens (tertiary/aromatic N) is 1. The SMILES string of the molecule is CN(C)C/[C](=C/I)[Sn]([CH3])([CH3])[CH3]. The molecule has 0 rings (SSSR count). The van der Waals surface area contributed by atoms with Crippen LogP contribution in [0.1, 0.15) is 0 Å². The molecule has 0 aliphatic carbocycles. The van der Waals surface area contributed by atoms with Crippen molar-refractivity contribution in [1.82, 2.24) is 4.90 Å². The van der Waals surface area contributed by atoms with Gasteiger partial charge in [-0.25, -0.2) is 0 Å². The second kappa shape index (κ2) is 5.07. The summed E-state index contributed by atoms with van der Waals surface area (Å²) in [6.45, 7) is 1.16. The van der Waals surface area contributed by atoms with E-state index >= 15 is 0 Å². The van der Waals surface area contributed by atoms with Crippen LogP contribution in [0.2, 0.25) is 14.8 Å². The summed E-state index contributed by atoms with van der Waals surface area (Å²) >= 11 is 0.644. The molecule has 1 nitrogen and oxygen atoms in total. The molecule has 0 spiro atoms. The van der Waals surface area contributed by atoms with E-state index in [9.17, 15) is 0 Å². The fraction of sp³-hybridized carbons (Fsp3) is 0.750. The predicted molar refractivity (Wildman–Crippen MR) is 64.0 cm³/mol. The normalized spacial score (nSPS) is 14.3. The average Bonchev–Trinajstić information content (AvgIpc) is 1.79. The molecule has 0 N–H and O–H groups in total. The van der Waals surface area contributed by atoms with Crippen molar-refractivity contribution in [3.63, 3.8) is 0 Å². The first-order valence-corrected chi connectivity index (χ1v) is 15.1. The summed E-state index contributed by atoms with van der Waals surface area (Å²) in [6.07, 6.45) is 0. The number of halogens is 1. The van der Waals surface area contributed by atoms with E-state index in [4.69, 9.17) is 0 Å². The van der Waals surface area contributed by atoms with Crippen LogP contribution in [-0.2, 0) is 0 Å². The Morgan fingerprint density at radius 1 is 1.36 bits per heavy atom. The Balaban J connectivity index is 4.21. The molecule has 3 heteroatoms. The average molecular weight is 374 g/mol. The number of likely N-dealkylation sites (N-methyl/N-ethyl adjacent to an activating group) is 1. The first-order chi connectivity index (χ1) is 4.88. The molecule has 0 radical (unpaired) electrons. The molecule has 0 bridgehead atoms. The molecule has 0 aromatic rings. The van der Waals surface area contributed by atoms with Crippen LogP contribution >= 0.6 is 22.6 Å². The van der Waals surface area contributed by atoms with Crippen LogP contribution in [0.5, 0.6) is 0 Å². The van der Waals surface area contributed by atoms with Crippen LogP contribution < -0.4 is 0 Å². The van der Waals surface area contributed by atoms with Crippen molar-refractivity contribution < 1.29 is 0 Å². The van der Waals surface area contributed by atoms with E-state index in [1.54, 1.807) is 3.59 Å². The fourth-order valence-corrected chi connectivity index (χ4v) is 10.4. The Labute approximate surface area is 88.2 Å². The van der Waals surface area contributed by atoms with Gasteiger partial charge in [0, 0.05) is 0 Å². The van der Waals surface area contributed by atoms with E-state index in [0.29, 0.717) is 0 Å². The maximum atomic E-state index is 2.46. The number of rotatable bonds is 3. The van der Waals surface area contributed by atoms with Crippen LogP contribution in [0.3, 0.4) is 0 Å². The van der Waals surface area contributed by atoms with Crippen molar-refractivity contribution >= 4 is 41.0 Å². The molecular weight excluding hydrogens is 356 g/mol. The second-order valence-corrected chi connectivity index (χ2v) is 19.4. The van der Waals surface area contributed by atoms with Crippen LogP contribution in [0.25, 0.3) is 0 Å². The van der Waals surface area contributed by atoms with Gasteiger partial charge < -0.3 is 0 Å². The van der Waals surface area contributed by atoms with Gasteiger partial charge in [0.2, 0.25) is 0 Å². The van der Waals surface area contributed by atoms with Gasteiger partial charge in [0.25, 0.3) is 0 Å². The summed E-state index contributed by atoms with van der Waals surface area (Å²) in [4.78, 5) is 9.64. The first-order valence-electron chi connectivity index (χ1n) is 3.82. The topological polar surface area (TPSA) is 3.24 Å². The molecule has 0 aliphatic heterocycles.